The molecule has 0 atom stereocenters. The Morgan fingerprint density at radius 1 is 1.19 bits per heavy atom. The first-order chi connectivity index (χ1) is 10.2. The van der Waals surface area contributed by atoms with Crippen molar-refractivity contribution in [2.75, 3.05) is 11.9 Å². The van der Waals surface area contributed by atoms with Gasteiger partial charge in [0.15, 0.2) is 0 Å². The Bertz CT molecular complexity index is 616. The van der Waals surface area contributed by atoms with Gasteiger partial charge in [0.05, 0.1) is 19.6 Å². The molecule has 2 aromatic carbocycles. The maximum Gasteiger partial charge on any atom is 0.227 e. The van der Waals surface area contributed by atoms with Gasteiger partial charge in [0, 0.05) is 10.2 Å². The van der Waals surface area contributed by atoms with Crippen LogP contribution in [0, 0.1) is 0 Å². The van der Waals surface area contributed by atoms with Gasteiger partial charge < -0.3 is 15.2 Å². The molecule has 2 aromatic rings. The van der Waals surface area contributed by atoms with E-state index in [9.17, 15) is 4.79 Å². The number of ether oxygens (including phenoxy) is 1. The lowest BCUT2D eigenvalue weighted by Crippen LogP contribution is -2.15. The highest BCUT2D eigenvalue weighted by Gasteiger charge is 2.04. The van der Waals surface area contributed by atoms with Crippen molar-refractivity contribution in [3.63, 3.8) is 0 Å². The molecule has 0 spiro atoms. The molecule has 0 aliphatic carbocycles. The molecule has 5 heteroatoms. The van der Waals surface area contributed by atoms with Crippen LogP contribution in [0.15, 0.2) is 53.0 Å². The highest BCUT2D eigenvalue weighted by atomic mass is 79.9. The highest BCUT2D eigenvalue weighted by molar-refractivity contribution is 9.10. The van der Waals surface area contributed by atoms with Crippen LogP contribution in [0.25, 0.3) is 0 Å². The lowest BCUT2D eigenvalue weighted by atomic mass is 10.2. The summed E-state index contributed by atoms with van der Waals surface area (Å²) in [5.74, 6) is 0.597. The van der Waals surface area contributed by atoms with E-state index < -0.39 is 0 Å². The molecule has 1 amide bonds. The van der Waals surface area contributed by atoms with Gasteiger partial charge in [-0.05, 0) is 35.9 Å². The number of anilines is 1. The standard InChI is InChI=1S/C16H16BrNO3/c17-13-4-2-6-15(10-13)21-8-7-16(20)18-14-5-1-3-12(9-14)11-19/h1-6,9-10,19H,7-8,11H2,(H,18,20). The van der Waals surface area contributed by atoms with Crippen LogP contribution in [-0.4, -0.2) is 17.6 Å². The number of carbonyl (C=O) groups excluding carboxylic acids is 1. The zero-order valence-corrected chi connectivity index (χ0v) is 13.0. The third kappa shape index (κ3) is 5.21. The van der Waals surface area contributed by atoms with E-state index in [1.807, 2.05) is 24.3 Å². The van der Waals surface area contributed by atoms with Gasteiger partial charge in [-0.2, -0.15) is 0 Å². The van der Waals surface area contributed by atoms with Crippen LogP contribution in [0.2, 0.25) is 0 Å². The topological polar surface area (TPSA) is 58.6 Å². The Morgan fingerprint density at radius 2 is 2.00 bits per heavy atom. The Labute approximate surface area is 131 Å². The highest BCUT2D eigenvalue weighted by Crippen LogP contribution is 2.18. The van der Waals surface area contributed by atoms with Crippen LogP contribution in [0.3, 0.4) is 0 Å². The molecule has 4 nitrogen and oxygen atoms in total. The van der Waals surface area contributed by atoms with Crippen molar-refractivity contribution in [1.29, 1.82) is 0 Å². The number of halogens is 1. The van der Waals surface area contributed by atoms with Crippen molar-refractivity contribution < 1.29 is 14.6 Å². The van der Waals surface area contributed by atoms with E-state index in [-0.39, 0.29) is 18.9 Å². The molecule has 2 N–H and O–H groups in total. The van der Waals surface area contributed by atoms with Crippen LogP contribution in [-0.2, 0) is 11.4 Å². The van der Waals surface area contributed by atoms with E-state index in [0.717, 1.165) is 15.8 Å². The molecule has 110 valence electrons. The molecule has 0 aliphatic heterocycles. The second kappa shape index (κ2) is 7.81. The van der Waals surface area contributed by atoms with Crippen molar-refractivity contribution in [3.05, 3.63) is 58.6 Å². The first-order valence-electron chi connectivity index (χ1n) is 6.55. The van der Waals surface area contributed by atoms with Crippen molar-refractivity contribution in [1.82, 2.24) is 0 Å². The summed E-state index contributed by atoms with van der Waals surface area (Å²) < 4.78 is 6.44. The van der Waals surface area contributed by atoms with Crippen LogP contribution in [0.4, 0.5) is 5.69 Å². The fourth-order valence-corrected chi connectivity index (χ4v) is 2.17. The minimum absolute atomic E-state index is 0.0459. The lowest BCUT2D eigenvalue weighted by molar-refractivity contribution is -0.116. The quantitative estimate of drug-likeness (QED) is 0.840. The molecule has 0 fully saturated rings. The van der Waals surface area contributed by atoms with Crippen LogP contribution >= 0.6 is 15.9 Å². The number of benzene rings is 2. The number of hydrogen-bond donors (Lipinski definition) is 2. The summed E-state index contributed by atoms with van der Waals surface area (Å²) >= 11 is 3.36. The van der Waals surface area contributed by atoms with Gasteiger partial charge in [0.1, 0.15) is 5.75 Å². The molecular weight excluding hydrogens is 334 g/mol. The van der Waals surface area contributed by atoms with Crippen molar-refractivity contribution >= 4 is 27.5 Å². The number of carbonyl (C=O) groups is 1. The minimum Gasteiger partial charge on any atom is -0.493 e. The number of hydrogen-bond acceptors (Lipinski definition) is 3. The molecule has 0 aliphatic rings. The van der Waals surface area contributed by atoms with E-state index in [1.165, 1.54) is 0 Å². The number of rotatable bonds is 6. The number of aliphatic hydroxyl groups excluding tert-OH is 1. The first kappa shape index (κ1) is 15.5. The van der Waals surface area contributed by atoms with E-state index >= 15 is 0 Å². The van der Waals surface area contributed by atoms with Gasteiger partial charge in [0.25, 0.3) is 0 Å². The van der Waals surface area contributed by atoms with Crippen LogP contribution in [0.1, 0.15) is 12.0 Å². The smallest absolute Gasteiger partial charge is 0.227 e. The Kier molecular flexibility index (Phi) is 5.78. The summed E-state index contributed by atoms with van der Waals surface area (Å²) in [5, 5.41) is 11.8. The summed E-state index contributed by atoms with van der Waals surface area (Å²) in [6.07, 6.45) is 0.260. The average molecular weight is 350 g/mol. The SMILES string of the molecule is O=C(CCOc1cccc(Br)c1)Nc1cccc(CO)c1. The number of amides is 1. The molecule has 2 rings (SSSR count). The molecule has 0 bridgehead atoms. The Morgan fingerprint density at radius 3 is 2.76 bits per heavy atom. The molecule has 0 heterocycles. The fraction of sp³-hybridized carbons (Fsp3) is 0.188. The zero-order chi connectivity index (χ0) is 15.1. The number of nitrogens with one attached hydrogen (secondary N) is 1. The maximum atomic E-state index is 11.8. The monoisotopic (exact) mass is 349 g/mol. The van der Waals surface area contributed by atoms with Gasteiger partial charge in [-0.15, -0.1) is 0 Å². The van der Waals surface area contributed by atoms with Crippen molar-refractivity contribution in [3.8, 4) is 5.75 Å². The van der Waals surface area contributed by atoms with Crippen molar-refractivity contribution in [2.45, 2.75) is 13.0 Å². The van der Waals surface area contributed by atoms with E-state index in [0.29, 0.717) is 12.3 Å². The second-order valence-electron chi connectivity index (χ2n) is 4.46. The molecule has 21 heavy (non-hydrogen) atoms. The van der Waals surface area contributed by atoms with Gasteiger partial charge in [-0.3, -0.25) is 4.79 Å². The maximum absolute atomic E-state index is 11.8. The van der Waals surface area contributed by atoms with Crippen molar-refractivity contribution in [2.24, 2.45) is 0 Å². The molecule has 0 saturated heterocycles. The molecule has 0 saturated carbocycles. The molecular formula is C16H16BrNO3. The van der Waals surface area contributed by atoms with Gasteiger partial charge >= 0.3 is 0 Å². The zero-order valence-electron chi connectivity index (χ0n) is 11.4. The molecule has 0 radical (unpaired) electrons. The van der Waals surface area contributed by atoms with Crippen LogP contribution < -0.4 is 10.1 Å². The number of aliphatic hydroxyl groups is 1. The van der Waals surface area contributed by atoms with E-state index in [2.05, 4.69) is 21.2 Å². The van der Waals surface area contributed by atoms with Gasteiger partial charge in [-0.25, -0.2) is 0 Å². The summed E-state index contributed by atoms with van der Waals surface area (Å²) in [7, 11) is 0. The van der Waals surface area contributed by atoms with Gasteiger partial charge in [-0.1, -0.05) is 34.1 Å². The lowest BCUT2D eigenvalue weighted by Gasteiger charge is -2.08. The summed E-state index contributed by atoms with van der Waals surface area (Å²) in [6.45, 7) is 0.262. The molecule has 0 aromatic heterocycles. The fourth-order valence-electron chi connectivity index (χ4n) is 1.79. The third-order valence-electron chi connectivity index (χ3n) is 2.79. The first-order valence-corrected chi connectivity index (χ1v) is 7.34. The predicted molar refractivity (Wildman–Crippen MR) is 85.2 cm³/mol. The Balaban J connectivity index is 1.79. The summed E-state index contributed by atoms with van der Waals surface area (Å²) in [4.78, 5) is 11.8. The largest absolute Gasteiger partial charge is 0.493 e. The average Bonchev–Trinajstić information content (AvgIpc) is 2.47. The normalized spacial score (nSPS) is 10.2. The minimum atomic E-state index is -0.125. The van der Waals surface area contributed by atoms with Gasteiger partial charge in [0.2, 0.25) is 5.91 Å². The second-order valence-corrected chi connectivity index (χ2v) is 5.38. The van der Waals surface area contributed by atoms with E-state index in [1.54, 1.807) is 24.3 Å². The predicted octanol–water partition coefficient (Wildman–Crippen LogP) is 3.35. The third-order valence-corrected chi connectivity index (χ3v) is 3.28. The Hall–Kier alpha value is -1.85. The van der Waals surface area contributed by atoms with Crippen LogP contribution in [0.5, 0.6) is 5.75 Å². The summed E-state index contributed by atoms with van der Waals surface area (Å²) in [5.41, 5.74) is 1.44. The summed E-state index contributed by atoms with van der Waals surface area (Å²) in [6, 6.07) is 14.6. The van der Waals surface area contributed by atoms with E-state index in [4.69, 9.17) is 9.84 Å². The molecule has 0 unspecified atom stereocenters.